The molecular weight excluding hydrogens is 288 g/mol. The predicted molar refractivity (Wildman–Crippen MR) is 77.8 cm³/mol. The zero-order valence-corrected chi connectivity index (χ0v) is 12.7. The Morgan fingerprint density at radius 3 is 2.64 bits per heavy atom. The van der Waals surface area contributed by atoms with E-state index in [-0.39, 0.29) is 12.1 Å². The smallest absolute Gasteiger partial charge is 0.411 e. The average molecular weight is 306 g/mol. The predicted octanol–water partition coefficient (Wildman–Crippen LogP) is 1.54. The number of carbonyl (C=O) groups is 2. The lowest BCUT2D eigenvalue weighted by molar-refractivity contribution is -0.145. The summed E-state index contributed by atoms with van der Waals surface area (Å²) in [5, 5.41) is 3.28. The molecule has 0 aliphatic carbocycles. The van der Waals surface area contributed by atoms with E-state index in [1.807, 2.05) is 18.2 Å². The Bertz CT molecular complexity index is 618. The molecule has 2 aliphatic rings. The maximum atomic E-state index is 12.1. The van der Waals surface area contributed by atoms with Crippen LogP contribution in [0.3, 0.4) is 0 Å². The van der Waals surface area contributed by atoms with Crippen molar-refractivity contribution in [2.45, 2.75) is 24.5 Å². The molecule has 22 heavy (non-hydrogen) atoms. The zero-order chi connectivity index (χ0) is 15.9. The van der Waals surface area contributed by atoms with Crippen LogP contribution in [0.4, 0.5) is 10.5 Å². The maximum absolute atomic E-state index is 12.1. The lowest BCUT2D eigenvalue weighted by Gasteiger charge is -2.27. The molecule has 7 nitrogen and oxygen atoms in total. The summed E-state index contributed by atoms with van der Waals surface area (Å²) in [5.74, 6) is 0.298. The van der Waals surface area contributed by atoms with Crippen LogP contribution in [-0.2, 0) is 14.3 Å². The molecule has 1 aromatic carbocycles. The number of likely N-dealkylation sites (tertiary alicyclic amines) is 1. The van der Waals surface area contributed by atoms with E-state index in [1.165, 1.54) is 19.1 Å². The van der Waals surface area contributed by atoms with Gasteiger partial charge in [0, 0.05) is 11.6 Å². The third-order valence-corrected chi connectivity index (χ3v) is 4.31. The number of nitrogens with one attached hydrogen (secondary N) is 1. The normalized spacial score (nSPS) is 25.0. The van der Waals surface area contributed by atoms with Crippen molar-refractivity contribution in [1.29, 1.82) is 0 Å². The Morgan fingerprint density at radius 1 is 1.23 bits per heavy atom. The Kier molecular flexibility index (Phi) is 3.56. The van der Waals surface area contributed by atoms with Crippen molar-refractivity contribution in [3.63, 3.8) is 0 Å². The lowest BCUT2D eigenvalue weighted by atomic mass is 9.96. The summed E-state index contributed by atoms with van der Waals surface area (Å²) in [5.41, 5.74) is 1.97. The van der Waals surface area contributed by atoms with Crippen molar-refractivity contribution < 1.29 is 23.8 Å². The number of ether oxygens (including phenoxy) is 3. The number of carbonyl (C=O) groups excluding carboxylic acids is 2. The molecule has 0 saturated carbocycles. The second kappa shape index (κ2) is 5.40. The molecule has 0 radical (unpaired) electrons. The van der Waals surface area contributed by atoms with Crippen LogP contribution in [0.2, 0.25) is 0 Å². The van der Waals surface area contributed by atoms with Crippen LogP contribution in [0.5, 0.6) is 5.75 Å². The first kappa shape index (κ1) is 14.5. The summed E-state index contributed by atoms with van der Waals surface area (Å²) >= 11 is 0. The monoisotopic (exact) mass is 306 g/mol. The topological polar surface area (TPSA) is 77.1 Å². The van der Waals surface area contributed by atoms with E-state index in [0.29, 0.717) is 6.42 Å². The Labute approximate surface area is 128 Å². The number of fused-ring (bicyclic) bond motifs is 3. The third-order valence-electron chi connectivity index (χ3n) is 4.31. The highest BCUT2D eigenvalue weighted by Crippen LogP contribution is 2.47. The molecular formula is C15H18N2O5. The molecule has 0 spiro atoms. The molecule has 1 aromatic rings. The first-order valence-corrected chi connectivity index (χ1v) is 6.99. The summed E-state index contributed by atoms with van der Waals surface area (Å²) in [6.45, 7) is 0. The third kappa shape index (κ3) is 2.04. The summed E-state index contributed by atoms with van der Waals surface area (Å²) in [6.07, 6.45) is -0.381. The van der Waals surface area contributed by atoms with Gasteiger partial charge in [0.2, 0.25) is 0 Å². The molecule has 0 bridgehead atoms. The first-order chi connectivity index (χ1) is 10.6. The van der Waals surface area contributed by atoms with Crippen molar-refractivity contribution in [2.24, 2.45) is 0 Å². The molecule has 2 heterocycles. The van der Waals surface area contributed by atoms with Crippen molar-refractivity contribution in [3.8, 4) is 5.75 Å². The Morgan fingerprint density at radius 2 is 2.00 bits per heavy atom. The van der Waals surface area contributed by atoms with Crippen LogP contribution in [0.25, 0.3) is 0 Å². The van der Waals surface area contributed by atoms with Gasteiger partial charge in [0.15, 0.2) is 0 Å². The fraction of sp³-hybridized carbons (Fsp3) is 0.467. The standard InChI is InChI=1S/C15H18N2O5/c1-20-8-4-5-11-9(6-8)10-7-12(14(18)21-2)17(13(10)16-11)15(19)22-3/h4-6,10,12-13,16H,7H2,1-3H3/t10-,12+,13-/m0/s1. The van der Waals surface area contributed by atoms with Gasteiger partial charge in [-0.05, 0) is 30.2 Å². The van der Waals surface area contributed by atoms with Crippen LogP contribution < -0.4 is 10.1 Å². The van der Waals surface area contributed by atoms with Gasteiger partial charge in [-0.15, -0.1) is 0 Å². The molecule has 1 fully saturated rings. The molecule has 3 rings (SSSR count). The Balaban J connectivity index is 1.97. The van der Waals surface area contributed by atoms with E-state index in [1.54, 1.807) is 7.11 Å². The number of benzene rings is 1. The number of rotatable bonds is 2. The molecule has 7 heteroatoms. The van der Waals surface area contributed by atoms with Gasteiger partial charge in [-0.2, -0.15) is 0 Å². The molecule has 1 N–H and O–H groups in total. The molecule has 0 unspecified atom stereocenters. The summed E-state index contributed by atoms with van der Waals surface area (Å²) in [7, 11) is 4.22. The molecule has 1 saturated heterocycles. The van der Waals surface area contributed by atoms with Gasteiger partial charge in [0.05, 0.1) is 21.3 Å². The largest absolute Gasteiger partial charge is 0.497 e. The van der Waals surface area contributed by atoms with Gasteiger partial charge in [0.25, 0.3) is 0 Å². The SMILES string of the molecule is COC(=O)[C@H]1C[C@H]2c3cc(OC)ccc3N[C@H]2N1C(=O)OC. The van der Waals surface area contributed by atoms with E-state index in [2.05, 4.69) is 5.32 Å². The fourth-order valence-corrected chi connectivity index (χ4v) is 3.30. The highest BCUT2D eigenvalue weighted by atomic mass is 16.5. The van der Waals surface area contributed by atoms with E-state index < -0.39 is 18.1 Å². The van der Waals surface area contributed by atoms with Crippen molar-refractivity contribution in [2.75, 3.05) is 26.6 Å². The van der Waals surface area contributed by atoms with E-state index in [9.17, 15) is 9.59 Å². The highest BCUT2D eigenvalue weighted by molar-refractivity contribution is 5.84. The van der Waals surface area contributed by atoms with Crippen LogP contribution in [0.1, 0.15) is 17.9 Å². The van der Waals surface area contributed by atoms with Gasteiger partial charge in [0.1, 0.15) is 18.0 Å². The number of anilines is 1. The van der Waals surface area contributed by atoms with Gasteiger partial charge >= 0.3 is 12.1 Å². The van der Waals surface area contributed by atoms with Crippen LogP contribution >= 0.6 is 0 Å². The highest BCUT2D eigenvalue weighted by Gasteiger charge is 2.52. The molecule has 3 atom stereocenters. The molecule has 118 valence electrons. The van der Waals surface area contributed by atoms with Gasteiger partial charge < -0.3 is 19.5 Å². The zero-order valence-electron chi connectivity index (χ0n) is 12.7. The number of hydrogen-bond acceptors (Lipinski definition) is 6. The number of hydrogen-bond donors (Lipinski definition) is 1. The fourth-order valence-electron chi connectivity index (χ4n) is 3.30. The number of amides is 1. The second-order valence-corrected chi connectivity index (χ2v) is 5.30. The van der Waals surface area contributed by atoms with Gasteiger partial charge in [-0.3, -0.25) is 4.90 Å². The minimum atomic E-state index is -0.653. The second-order valence-electron chi connectivity index (χ2n) is 5.30. The average Bonchev–Trinajstić information content (AvgIpc) is 3.08. The summed E-state index contributed by atoms with van der Waals surface area (Å²) < 4.78 is 14.9. The van der Waals surface area contributed by atoms with E-state index in [4.69, 9.17) is 14.2 Å². The minimum Gasteiger partial charge on any atom is -0.497 e. The lowest BCUT2D eigenvalue weighted by Crippen LogP contribution is -2.47. The van der Waals surface area contributed by atoms with Crippen molar-refractivity contribution >= 4 is 17.7 Å². The van der Waals surface area contributed by atoms with Crippen molar-refractivity contribution in [1.82, 2.24) is 4.90 Å². The van der Waals surface area contributed by atoms with Crippen LogP contribution in [0.15, 0.2) is 18.2 Å². The first-order valence-electron chi connectivity index (χ1n) is 6.99. The van der Waals surface area contributed by atoms with Crippen LogP contribution in [-0.4, -0.2) is 50.5 Å². The minimum absolute atomic E-state index is 0.00620. The molecule has 0 aromatic heterocycles. The summed E-state index contributed by atoms with van der Waals surface area (Å²) in [6, 6.07) is 5.05. The quantitative estimate of drug-likeness (QED) is 0.835. The number of esters is 1. The number of nitrogens with zero attached hydrogens (tertiary/aromatic N) is 1. The summed E-state index contributed by atoms with van der Waals surface area (Å²) in [4.78, 5) is 25.5. The number of methoxy groups -OCH3 is 3. The van der Waals surface area contributed by atoms with Gasteiger partial charge in [-0.1, -0.05) is 0 Å². The van der Waals surface area contributed by atoms with Crippen molar-refractivity contribution in [3.05, 3.63) is 23.8 Å². The maximum Gasteiger partial charge on any atom is 0.411 e. The van der Waals surface area contributed by atoms with Gasteiger partial charge in [-0.25, -0.2) is 9.59 Å². The van der Waals surface area contributed by atoms with E-state index in [0.717, 1.165) is 17.0 Å². The van der Waals surface area contributed by atoms with E-state index >= 15 is 0 Å². The Hall–Kier alpha value is -2.44. The van der Waals surface area contributed by atoms with Crippen LogP contribution in [0, 0.1) is 0 Å². The molecule has 1 amide bonds. The molecule has 2 aliphatic heterocycles.